The summed E-state index contributed by atoms with van der Waals surface area (Å²) in [5, 5.41) is 20.3. The van der Waals surface area contributed by atoms with Gasteiger partial charge in [-0.2, -0.15) is 0 Å². The number of piperidine rings is 1. The number of hydrogen-bond donors (Lipinski definition) is 2. The molecule has 2 aromatic heterocycles. The van der Waals surface area contributed by atoms with E-state index in [-0.39, 0.29) is 35.8 Å². The number of carbonyl (C=O) groups is 1. The minimum atomic E-state index is -0.0209. The van der Waals surface area contributed by atoms with Gasteiger partial charge in [-0.15, -0.1) is 10.2 Å². The van der Waals surface area contributed by atoms with Crippen molar-refractivity contribution in [2.45, 2.75) is 56.2 Å². The highest BCUT2D eigenvalue weighted by Gasteiger charge is 2.43. The maximum atomic E-state index is 12.6. The molecule has 1 amide bonds. The molecule has 0 aliphatic carbocycles. The van der Waals surface area contributed by atoms with Crippen molar-refractivity contribution < 1.29 is 19.4 Å². The van der Waals surface area contributed by atoms with Crippen LogP contribution in [0.25, 0.3) is 22.3 Å². The maximum absolute atomic E-state index is 12.6. The maximum Gasteiger partial charge on any atom is 0.246 e. The summed E-state index contributed by atoms with van der Waals surface area (Å²) in [6.45, 7) is 5.52. The molecule has 182 valence electrons. The Morgan fingerprint density at radius 1 is 1.17 bits per heavy atom. The number of benzene rings is 1. The zero-order valence-electron chi connectivity index (χ0n) is 19.7. The standard InChI is InChI=1S/C27H30N4O4/c1-2-24(33)31-17-11-16(12-18(31)15-34-14-17)26-25(23-9-5-6-10-35-23)20-13-21(29-30-27(20)28-26)19-7-3-4-8-22(19)32/h2-4,7-8,13,16-18,23,32H,1,5-6,9-12,14-15H2,(H,28,30). The number of carbonyl (C=O) groups excluding carboxylic acids is 1. The van der Waals surface area contributed by atoms with Gasteiger partial charge in [0.05, 0.1) is 37.1 Å². The van der Waals surface area contributed by atoms with Crippen LogP contribution in [0.4, 0.5) is 0 Å². The first kappa shape index (κ1) is 22.2. The minimum Gasteiger partial charge on any atom is -0.507 e. The third kappa shape index (κ3) is 3.90. The van der Waals surface area contributed by atoms with Crippen molar-refractivity contribution in [3.8, 4) is 17.0 Å². The Bertz CT molecular complexity index is 1250. The normalized spacial score (nSPS) is 26.6. The van der Waals surface area contributed by atoms with Gasteiger partial charge in [0.2, 0.25) is 5.91 Å². The average Bonchev–Trinajstić information content (AvgIpc) is 3.27. The predicted octanol–water partition coefficient (Wildman–Crippen LogP) is 4.23. The van der Waals surface area contributed by atoms with E-state index in [4.69, 9.17) is 9.47 Å². The molecule has 8 nitrogen and oxygen atoms in total. The van der Waals surface area contributed by atoms with Crippen LogP contribution < -0.4 is 0 Å². The Kier molecular flexibility index (Phi) is 5.78. The number of phenolic OH excluding ortho intramolecular Hbond substituents is 1. The van der Waals surface area contributed by atoms with Gasteiger partial charge < -0.3 is 24.5 Å². The molecule has 3 unspecified atom stereocenters. The predicted molar refractivity (Wildman–Crippen MR) is 131 cm³/mol. The first-order valence-corrected chi connectivity index (χ1v) is 12.5. The number of aromatic amines is 1. The molecular weight excluding hydrogens is 444 g/mol. The van der Waals surface area contributed by atoms with Crippen LogP contribution in [0, 0.1) is 0 Å². The third-order valence-electron chi connectivity index (χ3n) is 7.67. The number of H-pyrrole nitrogens is 1. The Hall–Kier alpha value is -3.23. The number of nitrogens with zero attached hydrogens (tertiary/aromatic N) is 3. The smallest absolute Gasteiger partial charge is 0.246 e. The molecule has 0 radical (unpaired) electrons. The van der Waals surface area contributed by atoms with Crippen molar-refractivity contribution in [3.05, 3.63) is 54.2 Å². The fourth-order valence-corrected chi connectivity index (χ4v) is 6.10. The average molecular weight is 475 g/mol. The Labute approximate surface area is 203 Å². The van der Waals surface area contributed by atoms with Crippen LogP contribution in [-0.4, -0.2) is 63.0 Å². The molecule has 8 heteroatoms. The van der Waals surface area contributed by atoms with E-state index < -0.39 is 0 Å². The van der Waals surface area contributed by atoms with E-state index >= 15 is 0 Å². The third-order valence-corrected chi connectivity index (χ3v) is 7.67. The van der Waals surface area contributed by atoms with Crippen LogP contribution in [0.3, 0.4) is 0 Å². The second kappa shape index (κ2) is 9.09. The fourth-order valence-electron chi connectivity index (χ4n) is 6.10. The summed E-state index contributed by atoms with van der Waals surface area (Å²) < 4.78 is 12.1. The number of nitrogens with one attached hydrogen (secondary N) is 1. The minimum absolute atomic E-state index is 0.0159. The van der Waals surface area contributed by atoms with Crippen molar-refractivity contribution in [2.24, 2.45) is 0 Å². The zero-order valence-corrected chi connectivity index (χ0v) is 19.7. The van der Waals surface area contributed by atoms with Gasteiger partial charge in [0.25, 0.3) is 0 Å². The monoisotopic (exact) mass is 474 g/mol. The molecule has 5 heterocycles. The van der Waals surface area contributed by atoms with E-state index in [1.54, 1.807) is 12.1 Å². The highest BCUT2D eigenvalue weighted by Crippen LogP contribution is 2.44. The highest BCUT2D eigenvalue weighted by atomic mass is 16.5. The first-order chi connectivity index (χ1) is 17.1. The molecule has 6 rings (SSSR count). The number of ether oxygens (including phenoxy) is 2. The van der Waals surface area contributed by atoms with Crippen molar-refractivity contribution in [2.75, 3.05) is 19.8 Å². The number of aromatic nitrogens is 3. The van der Waals surface area contributed by atoms with Gasteiger partial charge in [0, 0.05) is 34.7 Å². The zero-order chi connectivity index (χ0) is 23.9. The van der Waals surface area contributed by atoms with E-state index in [2.05, 4.69) is 21.8 Å². The van der Waals surface area contributed by atoms with E-state index in [0.717, 1.165) is 61.0 Å². The topological polar surface area (TPSA) is 101 Å². The van der Waals surface area contributed by atoms with Crippen molar-refractivity contribution in [3.63, 3.8) is 0 Å². The van der Waals surface area contributed by atoms with Crippen LogP contribution in [0.15, 0.2) is 43.0 Å². The number of fused-ring (bicyclic) bond motifs is 3. The summed E-state index contributed by atoms with van der Waals surface area (Å²) in [5.41, 5.74) is 4.31. The van der Waals surface area contributed by atoms with E-state index in [0.29, 0.717) is 24.5 Å². The van der Waals surface area contributed by atoms with Gasteiger partial charge in [-0.05, 0) is 56.4 Å². The van der Waals surface area contributed by atoms with Gasteiger partial charge in [0.15, 0.2) is 5.65 Å². The Morgan fingerprint density at radius 3 is 2.69 bits per heavy atom. The van der Waals surface area contributed by atoms with Crippen molar-refractivity contribution in [1.29, 1.82) is 0 Å². The molecule has 3 aliphatic rings. The molecular formula is C27H30N4O4. The lowest BCUT2D eigenvalue weighted by atomic mass is 9.80. The van der Waals surface area contributed by atoms with Gasteiger partial charge in [-0.25, -0.2) is 0 Å². The SMILES string of the molecule is C=CC(=O)N1C2COCC1CC(c1[nH]c3nnc(-c4ccccc4O)cc3c1C1CCCCO1)C2. The van der Waals surface area contributed by atoms with Crippen molar-refractivity contribution in [1.82, 2.24) is 20.1 Å². The second-order valence-electron chi connectivity index (χ2n) is 9.78. The van der Waals surface area contributed by atoms with Gasteiger partial charge in [-0.1, -0.05) is 18.7 Å². The summed E-state index contributed by atoms with van der Waals surface area (Å²) >= 11 is 0. The van der Waals surface area contributed by atoms with E-state index in [9.17, 15) is 9.90 Å². The molecule has 3 saturated heterocycles. The number of para-hydroxylation sites is 1. The van der Waals surface area contributed by atoms with Crippen LogP contribution in [0.2, 0.25) is 0 Å². The fraction of sp³-hybridized carbons (Fsp3) is 0.444. The molecule has 2 bridgehead atoms. The lowest BCUT2D eigenvalue weighted by Gasteiger charge is -2.48. The van der Waals surface area contributed by atoms with Crippen LogP contribution in [-0.2, 0) is 14.3 Å². The van der Waals surface area contributed by atoms with E-state index in [1.807, 2.05) is 23.1 Å². The number of amides is 1. The highest BCUT2D eigenvalue weighted by molar-refractivity contribution is 5.88. The number of morpholine rings is 1. The van der Waals surface area contributed by atoms with Gasteiger partial charge >= 0.3 is 0 Å². The lowest BCUT2D eigenvalue weighted by Crippen LogP contribution is -2.58. The molecule has 0 saturated carbocycles. The summed E-state index contributed by atoms with van der Waals surface area (Å²) in [6.07, 6.45) is 6.15. The first-order valence-electron chi connectivity index (χ1n) is 12.5. The largest absolute Gasteiger partial charge is 0.507 e. The second-order valence-corrected chi connectivity index (χ2v) is 9.78. The molecule has 35 heavy (non-hydrogen) atoms. The van der Waals surface area contributed by atoms with Crippen LogP contribution >= 0.6 is 0 Å². The van der Waals surface area contributed by atoms with Crippen LogP contribution in [0.5, 0.6) is 5.75 Å². The number of hydrogen-bond acceptors (Lipinski definition) is 6. The summed E-state index contributed by atoms with van der Waals surface area (Å²) in [7, 11) is 0. The summed E-state index contributed by atoms with van der Waals surface area (Å²) in [6, 6.07) is 9.25. The Morgan fingerprint density at radius 2 is 1.97 bits per heavy atom. The molecule has 2 N–H and O–H groups in total. The summed E-state index contributed by atoms with van der Waals surface area (Å²) in [5.74, 6) is 0.387. The molecule has 0 spiro atoms. The molecule has 3 aliphatic heterocycles. The summed E-state index contributed by atoms with van der Waals surface area (Å²) in [4.78, 5) is 18.1. The van der Waals surface area contributed by atoms with E-state index in [1.165, 1.54) is 6.08 Å². The molecule has 1 aromatic carbocycles. The Balaban J connectivity index is 1.44. The molecule has 3 fully saturated rings. The van der Waals surface area contributed by atoms with Gasteiger partial charge in [0.1, 0.15) is 5.75 Å². The number of phenols is 1. The van der Waals surface area contributed by atoms with Crippen LogP contribution in [0.1, 0.15) is 55.4 Å². The quantitative estimate of drug-likeness (QED) is 0.549. The van der Waals surface area contributed by atoms with Crippen molar-refractivity contribution >= 4 is 16.9 Å². The lowest BCUT2D eigenvalue weighted by molar-refractivity contribution is -0.146. The number of rotatable bonds is 4. The number of aromatic hydroxyl groups is 1. The van der Waals surface area contributed by atoms with Gasteiger partial charge in [-0.3, -0.25) is 4.79 Å². The molecule has 3 atom stereocenters. The molecule has 3 aromatic rings.